The van der Waals surface area contributed by atoms with E-state index in [0.29, 0.717) is 0 Å². The van der Waals surface area contributed by atoms with Crippen molar-refractivity contribution in [3.63, 3.8) is 0 Å². The third-order valence-corrected chi connectivity index (χ3v) is 5.61. The molecule has 0 heterocycles. The summed E-state index contributed by atoms with van der Waals surface area (Å²) in [7, 11) is 4.44. The highest BCUT2D eigenvalue weighted by Crippen LogP contribution is 2.18. The Balaban J connectivity index is 1.25. The zero-order chi connectivity index (χ0) is 20.1. The van der Waals surface area contributed by atoms with E-state index in [2.05, 4.69) is 109 Å². The van der Waals surface area contributed by atoms with Crippen molar-refractivity contribution in [2.75, 3.05) is 27.2 Å². The summed E-state index contributed by atoms with van der Waals surface area (Å²) in [6, 6.07) is 30.8. The summed E-state index contributed by atoms with van der Waals surface area (Å²) in [6.07, 6.45) is 1.17. The second-order valence-corrected chi connectivity index (χ2v) is 8.19. The predicted molar refractivity (Wildman–Crippen MR) is 125 cm³/mol. The minimum Gasteiger partial charge on any atom is -0.302 e. The Bertz CT molecular complexity index is 999. The summed E-state index contributed by atoms with van der Waals surface area (Å²) >= 11 is 0. The van der Waals surface area contributed by atoms with E-state index in [4.69, 9.17) is 0 Å². The summed E-state index contributed by atoms with van der Waals surface area (Å²) in [4.78, 5) is 4.85. The molecule has 4 aromatic carbocycles. The van der Waals surface area contributed by atoms with Crippen molar-refractivity contribution in [2.45, 2.75) is 19.5 Å². The van der Waals surface area contributed by atoms with E-state index in [9.17, 15) is 0 Å². The summed E-state index contributed by atoms with van der Waals surface area (Å²) in [6.45, 7) is 4.21. The summed E-state index contributed by atoms with van der Waals surface area (Å²) < 4.78 is 0. The van der Waals surface area contributed by atoms with Crippen LogP contribution in [0.1, 0.15) is 17.5 Å². The van der Waals surface area contributed by atoms with E-state index in [-0.39, 0.29) is 0 Å². The van der Waals surface area contributed by atoms with Crippen LogP contribution in [0.4, 0.5) is 0 Å². The fourth-order valence-electron chi connectivity index (χ4n) is 4.07. The van der Waals surface area contributed by atoms with E-state index in [1.165, 1.54) is 39.1 Å². The first-order chi connectivity index (χ1) is 14.2. The average Bonchev–Trinajstić information content (AvgIpc) is 2.73. The average molecular weight is 383 g/mol. The van der Waals surface area contributed by atoms with Gasteiger partial charge in [0.05, 0.1) is 0 Å². The van der Waals surface area contributed by atoms with Gasteiger partial charge in [0, 0.05) is 13.1 Å². The number of hydrogen-bond acceptors (Lipinski definition) is 2. The van der Waals surface area contributed by atoms with E-state index in [0.717, 1.165) is 26.2 Å². The lowest BCUT2D eigenvalue weighted by molar-refractivity contribution is 0.270. The van der Waals surface area contributed by atoms with Gasteiger partial charge in [-0.2, -0.15) is 0 Å². The summed E-state index contributed by atoms with van der Waals surface area (Å²) in [5.74, 6) is 0. The van der Waals surface area contributed by atoms with Crippen molar-refractivity contribution in [3.05, 3.63) is 96.1 Å². The van der Waals surface area contributed by atoms with Gasteiger partial charge in [-0.05, 0) is 78.4 Å². The minimum atomic E-state index is 0.999. The van der Waals surface area contributed by atoms with Crippen LogP contribution in [0, 0.1) is 0 Å². The minimum absolute atomic E-state index is 0.999. The zero-order valence-electron chi connectivity index (χ0n) is 17.5. The Kier molecular flexibility index (Phi) is 6.24. The Morgan fingerprint density at radius 3 is 1.38 bits per heavy atom. The molecule has 0 bridgehead atoms. The SMILES string of the molecule is CN(CCCN(C)Cc1ccc2ccccc2c1)Cc1ccc2ccccc2c1. The van der Waals surface area contributed by atoms with E-state index in [1.807, 2.05) is 0 Å². The Labute approximate surface area is 174 Å². The number of fused-ring (bicyclic) bond motifs is 2. The van der Waals surface area contributed by atoms with E-state index < -0.39 is 0 Å². The van der Waals surface area contributed by atoms with Gasteiger partial charge in [0.2, 0.25) is 0 Å². The standard InChI is InChI=1S/C27H30N2/c1-28(20-22-12-14-24-8-3-5-10-26(24)18-22)16-7-17-29(2)21-23-13-15-25-9-4-6-11-27(25)19-23/h3-6,8-15,18-19H,7,16-17,20-21H2,1-2H3. The smallest absolute Gasteiger partial charge is 0.0230 e. The highest BCUT2D eigenvalue weighted by atomic mass is 15.1. The van der Waals surface area contributed by atoms with Gasteiger partial charge in [-0.15, -0.1) is 0 Å². The molecule has 0 atom stereocenters. The van der Waals surface area contributed by atoms with Crippen LogP contribution >= 0.6 is 0 Å². The first-order valence-electron chi connectivity index (χ1n) is 10.5. The van der Waals surface area contributed by atoms with Crippen LogP contribution in [-0.2, 0) is 13.1 Å². The molecule has 0 unspecified atom stereocenters. The van der Waals surface area contributed by atoms with Crippen molar-refractivity contribution in [1.82, 2.24) is 9.80 Å². The van der Waals surface area contributed by atoms with E-state index >= 15 is 0 Å². The molecule has 0 saturated heterocycles. The van der Waals surface area contributed by atoms with Crippen LogP contribution in [0.25, 0.3) is 21.5 Å². The lowest BCUT2D eigenvalue weighted by Gasteiger charge is -2.21. The molecule has 0 radical (unpaired) electrons. The third-order valence-electron chi connectivity index (χ3n) is 5.61. The number of hydrogen-bond donors (Lipinski definition) is 0. The molecular formula is C27H30N2. The molecule has 2 nitrogen and oxygen atoms in total. The van der Waals surface area contributed by atoms with Gasteiger partial charge in [-0.3, -0.25) is 0 Å². The van der Waals surface area contributed by atoms with Crippen LogP contribution in [0.2, 0.25) is 0 Å². The molecule has 0 amide bonds. The second-order valence-electron chi connectivity index (χ2n) is 8.19. The van der Waals surface area contributed by atoms with Crippen molar-refractivity contribution >= 4 is 21.5 Å². The molecule has 148 valence electrons. The van der Waals surface area contributed by atoms with Gasteiger partial charge < -0.3 is 9.80 Å². The molecule has 0 fully saturated rings. The van der Waals surface area contributed by atoms with Gasteiger partial charge in [0.25, 0.3) is 0 Å². The number of benzene rings is 4. The molecular weight excluding hydrogens is 352 g/mol. The second kappa shape index (κ2) is 9.21. The van der Waals surface area contributed by atoms with Crippen molar-refractivity contribution in [1.29, 1.82) is 0 Å². The van der Waals surface area contributed by atoms with Crippen LogP contribution in [-0.4, -0.2) is 37.0 Å². The predicted octanol–water partition coefficient (Wildman–Crippen LogP) is 5.95. The lowest BCUT2D eigenvalue weighted by atomic mass is 10.1. The van der Waals surface area contributed by atoms with Crippen LogP contribution in [0.3, 0.4) is 0 Å². The topological polar surface area (TPSA) is 6.48 Å². The monoisotopic (exact) mass is 382 g/mol. The van der Waals surface area contributed by atoms with Crippen molar-refractivity contribution < 1.29 is 0 Å². The van der Waals surface area contributed by atoms with Crippen LogP contribution in [0.15, 0.2) is 84.9 Å². The van der Waals surface area contributed by atoms with Gasteiger partial charge in [0.1, 0.15) is 0 Å². The summed E-state index contributed by atoms with van der Waals surface area (Å²) in [5.41, 5.74) is 2.77. The molecule has 4 aromatic rings. The lowest BCUT2D eigenvalue weighted by Crippen LogP contribution is -2.25. The van der Waals surface area contributed by atoms with Crippen LogP contribution < -0.4 is 0 Å². The first kappa shape index (κ1) is 19.6. The molecule has 0 aliphatic heterocycles. The largest absolute Gasteiger partial charge is 0.302 e. The van der Waals surface area contributed by atoms with Gasteiger partial charge in [0.15, 0.2) is 0 Å². The Morgan fingerprint density at radius 2 is 0.931 bits per heavy atom. The van der Waals surface area contributed by atoms with Gasteiger partial charge >= 0.3 is 0 Å². The molecule has 29 heavy (non-hydrogen) atoms. The fourth-order valence-corrected chi connectivity index (χ4v) is 4.07. The van der Waals surface area contributed by atoms with Gasteiger partial charge in [-0.25, -0.2) is 0 Å². The molecule has 4 rings (SSSR count). The molecule has 0 aromatic heterocycles. The molecule has 0 N–H and O–H groups in total. The number of nitrogens with zero attached hydrogens (tertiary/aromatic N) is 2. The maximum Gasteiger partial charge on any atom is 0.0230 e. The summed E-state index contributed by atoms with van der Waals surface area (Å²) in [5, 5.41) is 5.28. The molecule has 0 spiro atoms. The molecule has 2 heteroatoms. The van der Waals surface area contributed by atoms with Crippen molar-refractivity contribution in [2.24, 2.45) is 0 Å². The Hall–Kier alpha value is -2.68. The maximum atomic E-state index is 2.42. The van der Waals surface area contributed by atoms with Gasteiger partial charge in [-0.1, -0.05) is 72.8 Å². The van der Waals surface area contributed by atoms with E-state index in [1.54, 1.807) is 0 Å². The molecule has 0 aliphatic carbocycles. The fraction of sp³-hybridized carbons (Fsp3) is 0.259. The Morgan fingerprint density at radius 1 is 0.517 bits per heavy atom. The third kappa shape index (κ3) is 5.23. The highest BCUT2D eigenvalue weighted by molar-refractivity contribution is 5.83. The number of rotatable bonds is 8. The highest BCUT2D eigenvalue weighted by Gasteiger charge is 2.05. The van der Waals surface area contributed by atoms with Crippen LogP contribution in [0.5, 0.6) is 0 Å². The zero-order valence-corrected chi connectivity index (χ0v) is 17.5. The molecule has 0 aliphatic rings. The molecule has 0 saturated carbocycles. The normalized spacial score (nSPS) is 11.7. The van der Waals surface area contributed by atoms with Crippen molar-refractivity contribution in [3.8, 4) is 0 Å². The first-order valence-corrected chi connectivity index (χ1v) is 10.5. The maximum absolute atomic E-state index is 2.42. The quantitative estimate of drug-likeness (QED) is 0.372.